The zero-order chi connectivity index (χ0) is 15.7. The molecule has 0 N–H and O–H groups in total. The molecule has 1 saturated heterocycles. The number of halogens is 1. The van der Waals surface area contributed by atoms with Crippen LogP contribution < -0.4 is 0 Å². The molecule has 1 aliphatic carbocycles. The zero-order valence-electron chi connectivity index (χ0n) is 12.9. The summed E-state index contributed by atoms with van der Waals surface area (Å²) in [5.41, 5.74) is 0.580. The minimum Gasteiger partial charge on any atom is -0.297 e. The van der Waals surface area contributed by atoms with Crippen molar-refractivity contribution in [2.45, 2.75) is 37.0 Å². The minimum atomic E-state index is -3.25. The highest BCUT2D eigenvalue weighted by Gasteiger charge is 2.38. The largest absolute Gasteiger partial charge is 0.297 e. The Morgan fingerprint density at radius 1 is 1.14 bits per heavy atom. The summed E-state index contributed by atoms with van der Waals surface area (Å²) < 4.78 is 41.2. The van der Waals surface area contributed by atoms with Gasteiger partial charge in [-0.2, -0.15) is 4.31 Å². The number of nitrogens with zero attached hydrogens (tertiary/aromatic N) is 2. The summed E-state index contributed by atoms with van der Waals surface area (Å²) in [5, 5.41) is -0.239. The van der Waals surface area contributed by atoms with Crippen molar-refractivity contribution < 1.29 is 12.8 Å². The second kappa shape index (κ2) is 6.26. The third-order valence-corrected chi connectivity index (χ3v) is 7.32. The number of piperazine rings is 1. The Hall–Kier alpha value is -0.980. The van der Waals surface area contributed by atoms with Crippen LogP contribution in [0.5, 0.6) is 0 Å². The number of hydrogen-bond acceptors (Lipinski definition) is 3. The first-order chi connectivity index (χ1) is 10.5. The summed E-state index contributed by atoms with van der Waals surface area (Å²) in [6.07, 6.45) is 3.51. The van der Waals surface area contributed by atoms with Crippen LogP contribution >= 0.6 is 0 Å². The molecule has 0 aromatic heterocycles. The van der Waals surface area contributed by atoms with Crippen LogP contribution in [0.4, 0.5) is 4.39 Å². The van der Waals surface area contributed by atoms with Gasteiger partial charge in [0.05, 0.1) is 11.3 Å². The number of rotatable bonds is 3. The molecule has 6 heteroatoms. The van der Waals surface area contributed by atoms with Gasteiger partial charge in [-0.1, -0.05) is 31.0 Å². The molecule has 1 aliphatic heterocycles. The maximum Gasteiger partial charge on any atom is 0.217 e. The topological polar surface area (TPSA) is 40.6 Å². The maximum absolute atomic E-state index is 14.1. The fraction of sp³-hybridized carbons (Fsp3) is 0.625. The third kappa shape index (κ3) is 2.92. The lowest BCUT2D eigenvalue weighted by Gasteiger charge is -2.40. The molecule has 22 heavy (non-hydrogen) atoms. The fourth-order valence-electron chi connectivity index (χ4n) is 3.56. The second-order valence-corrected chi connectivity index (χ2v) is 8.54. The lowest BCUT2D eigenvalue weighted by atomic mass is 10.0. The Kier molecular flexibility index (Phi) is 4.52. The van der Waals surface area contributed by atoms with Crippen molar-refractivity contribution in [2.75, 3.05) is 26.7 Å². The first-order valence-corrected chi connectivity index (χ1v) is 9.44. The highest BCUT2D eigenvalue weighted by Crippen LogP contribution is 2.32. The van der Waals surface area contributed by atoms with E-state index in [1.807, 2.05) is 11.9 Å². The van der Waals surface area contributed by atoms with Gasteiger partial charge < -0.3 is 0 Å². The molecular formula is C16H23FN2O2S. The molecule has 0 bridgehead atoms. The van der Waals surface area contributed by atoms with E-state index in [4.69, 9.17) is 0 Å². The molecule has 1 aromatic rings. The molecule has 0 spiro atoms. The van der Waals surface area contributed by atoms with Crippen molar-refractivity contribution in [1.29, 1.82) is 0 Å². The van der Waals surface area contributed by atoms with E-state index in [1.54, 1.807) is 22.5 Å². The fourth-order valence-corrected chi connectivity index (χ4v) is 5.59. The van der Waals surface area contributed by atoms with E-state index >= 15 is 0 Å². The summed E-state index contributed by atoms with van der Waals surface area (Å²) in [6.45, 7) is 1.47. The van der Waals surface area contributed by atoms with E-state index in [0.29, 0.717) is 25.2 Å². The standard InChI is InChI=1S/C16H23FN2O2S/c1-18-10-11-19(22(20,21)13-6-2-3-7-13)12-16(18)14-8-4-5-9-15(14)17/h4-5,8-9,13,16H,2-3,6-7,10-12H2,1H3. The van der Waals surface area contributed by atoms with E-state index in [0.717, 1.165) is 25.7 Å². The van der Waals surface area contributed by atoms with Crippen molar-refractivity contribution in [1.82, 2.24) is 9.21 Å². The van der Waals surface area contributed by atoms with Crippen LogP contribution in [0.1, 0.15) is 37.3 Å². The van der Waals surface area contributed by atoms with Crippen LogP contribution in [0.2, 0.25) is 0 Å². The molecule has 2 fully saturated rings. The molecule has 3 rings (SSSR count). The van der Waals surface area contributed by atoms with Crippen LogP contribution in [0.15, 0.2) is 24.3 Å². The Bertz CT molecular complexity index is 629. The first-order valence-electron chi connectivity index (χ1n) is 7.94. The molecule has 1 atom stereocenters. The van der Waals surface area contributed by atoms with E-state index in [-0.39, 0.29) is 17.1 Å². The van der Waals surface area contributed by atoms with Gasteiger partial charge >= 0.3 is 0 Å². The van der Waals surface area contributed by atoms with Crippen LogP contribution in [0.25, 0.3) is 0 Å². The Morgan fingerprint density at radius 3 is 2.50 bits per heavy atom. The van der Waals surface area contributed by atoms with Gasteiger partial charge in [-0.05, 0) is 26.0 Å². The molecule has 1 saturated carbocycles. The Balaban J connectivity index is 1.83. The SMILES string of the molecule is CN1CCN(S(=O)(=O)C2CCCC2)CC1c1ccccc1F. The summed E-state index contributed by atoms with van der Waals surface area (Å²) in [5.74, 6) is -0.264. The quantitative estimate of drug-likeness (QED) is 0.856. The minimum absolute atomic E-state index is 0.217. The van der Waals surface area contributed by atoms with Gasteiger partial charge in [0.2, 0.25) is 10.0 Å². The zero-order valence-corrected chi connectivity index (χ0v) is 13.7. The molecule has 1 heterocycles. The van der Waals surface area contributed by atoms with Gasteiger partial charge in [-0.3, -0.25) is 4.90 Å². The molecular weight excluding hydrogens is 303 g/mol. The second-order valence-electron chi connectivity index (χ2n) is 6.33. The average Bonchev–Trinajstić information content (AvgIpc) is 3.03. The molecule has 4 nitrogen and oxygen atoms in total. The van der Waals surface area contributed by atoms with E-state index < -0.39 is 10.0 Å². The van der Waals surface area contributed by atoms with Crippen molar-refractivity contribution in [2.24, 2.45) is 0 Å². The van der Waals surface area contributed by atoms with Gasteiger partial charge in [0.1, 0.15) is 5.82 Å². The predicted molar refractivity (Wildman–Crippen MR) is 84.5 cm³/mol. The van der Waals surface area contributed by atoms with Crippen LogP contribution in [0, 0.1) is 5.82 Å². The highest BCUT2D eigenvalue weighted by molar-refractivity contribution is 7.89. The molecule has 0 radical (unpaired) electrons. The Labute approximate surface area is 132 Å². The maximum atomic E-state index is 14.1. The summed E-state index contributed by atoms with van der Waals surface area (Å²) >= 11 is 0. The number of hydrogen-bond donors (Lipinski definition) is 0. The van der Waals surface area contributed by atoms with Gasteiger partial charge in [0.15, 0.2) is 0 Å². The van der Waals surface area contributed by atoms with Gasteiger partial charge in [-0.15, -0.1) is 0 Å². The van der Waals surface area contributed by atoms with Crippen LogP contribution in [-0.4, -0.2) is 49.6 Å². The van der Waals surface area contributed by atoms with Gasteiger partial charge in [0.25, 0.3) is 0 Å². The Morgan fingerprint density at radius 2 is 1.82 bits per heavy atom. The number of likely N-dealkylation sites (N-methyl/N-ethyl adjacent to an activating group) is 1. The van der Waals surface area contributed by atoms with Crippen molar-refractivity contribution in [3.8, 4) is 0 Å². The van der Waals surface area contributed by atoms with Crippen molar-refractivity contribution >= 4 is 10.0 Å². The predicted octanol–water partition coefficient (Wildman–Crippen LogP) is 2.39. The van der Waals surface area contributed by atoms with Gasteiger partial charge in [-0.25, -0.2) is 12.8 Å². The van der Waals surface area contributed by atoms with E-state index in [2.05, 4.69) is 0 Å². The number of benzene rings is 1. The first kappa shape index (κ1) is 15.9. The normalized spacial score (nSPS) is 25.6. The van der Waals surface area contributed by atoms with Crippen molar-refractivity contribution in [3.05, 3.63) is 35.6 Å². The van der Waals surface area contributed by atoms with Crippen LogP contribution in [-0.2, 0) is 10.0 Å². The van der Waals surface area contributed by atoms with Gasteiger partial charge in [0, 0.05) is 25.2 Å². The lowest BCUT2D eigenvalue weighted by molar-refractivity contribution is 0.144. The van der Waals surface area contributed by atoms with E-state index in [1.165, 1.54) is 6.07 Å². The molecule has 122 valence electrons. The third-order valence-electron chi connectivity index (χ3n) is 4.96. The monoisotopic (exact) mass is 326 g/mol. The lowest BCUT2D eigenvalue weighted by Crippen LogP contribution is -2.51. The molecule has 1 aromatic carbocycles. The highest BCUT2D eigenvalue weighted by atomic mass is 32.2. The van der Waals surface area contributed by atoms with Crippen LogP contribution in [0.3, 0.4) is 0 Å². The van der Waals surface area contributed by atoms with E-state index in [9.17, 15) is 12.8 Å². The molecule has 2 aliphatic rings. The molecule has 0 amide bonds. The number of sulfonamides is 1. The summed E-state index contributed by atoms with van der Waals surface area (Å²) in [4.78, 5) is 2.04. The summed E-state index contributed by atoms with van der Waals surface area (Å²) in [6, 6.07) is 6.44. The summed E-state index contributed by atoms with van der Waals surface area (Å²) in [7, 11) is -1.33. The van der Waals surface area contributed by atoms with Crippen molar-refractivity contribution in [3.63, 3.8) is 0 Å². The smallest absolute Gasteiger partial charge is 0.217 e. The average molecular weight is 326 g/mol. The molecule has 1 unspecified atom stereocenters.